The molecule has 0 heterocycles. The number of allylic oxidation sites excluding steroid dienone is 1. The van der Waals surface area contributed by atoms with Crippen molar-refractivity contribution >= 4 is 11.8 Å². The number of nitrogens with zero attached hydrogens (tertiary/aromatic N) is 2. The monoisotopic (exact) mass is 262 g/mol. The highest BCUT2D eigenvalue weighted by molar-refractivity contribution is 5.57. The van der Waals surface area contributed by atoms with Gasteiger partial charge in [0.25, 0.3) is 0 Å². The van der Waals surface area contributed by atoms with Crippen molar-refractivity contribution < 1.29 is 9.84 Å². The predicted molar refractivity (Wildman–Crippen MR) is 75.5 cm³/mol. The Hall–Kier alpha value is -3.24. The Morgan fingerprint density at radius 3 is 2.80 bits per heavy atom. The Bertz CT molecular complexity index is 737. The fraction of sp³-hybridized carbons (Fsp3) is 0. The van der Waals surface area contributed by atoms with Gasteiger partial charge in [0.05, 0.1) is 12.6 Å². The lowest BCUT2D eigenvalue weighted by Crippen LogP contribution is -1.85. The minimum atomic E-state index is -0.0866. The van der Waals surface area contributed by atoms with E-state index in [1.54, 1.807) is 36.4 Å². The maximum absolute atomic E-state index is 9.77. The first-order valence-corrected chi connectivity index (χ1v) is 5.77. The molecule has 2 aromatic carbocycles. The van der Waals surface area contributed by atoms with E-state index in [1.165, 1.54) is 12.1 Å². The molecule has 0 radical (unpaired) electrons. The Labute approximate surface area is 116 Å². The summed E-state index contributed by atoms with van der Waals surface area (Å²) in [5.74, 6) is 0.728. The van der Waals surface area contributed by atoms with Crippen molar-refractivity contribution in [2.24, 2.45) is 0 Å². The second kappa shape index (κ2) is 6.08. The molecule has 1 N–H and O–H groups in total. The topological polar surface area (TPSA) is 57.6 Å². The third-order valence-corrected chi connectivity index (χ3v) is 2.51. The molecule has 4 heteroatoms. The highest BCUT2D eigenvalue weighted by Crippen LogP contribution is 2.34. The van der Waals surface area contributed by atoms with Crippen LogP contribution in [0, 0.1) is 17.9 Å². The number of hydrogen-bond acceptors (Lipinski definition) is 3. The minimum absolute atomic E-state index is 0.0866. The molecule has 2 rings (SSSR count). The van der Waals surface area contributed by atoms with E-state index >= 15 is 0 Å². The van der Waals surface area contributed by atoms with Crippen molar-refractivity contribution in [3.05, 3.63) is 65.5 Å². The molecule has 0 saturated carbocycles. The number of hydrogen-bond donors (Lipinski definition) is 1. The quantitative estimate of drug-likeness (QED) is 0.663. The molecule has 0 spiro atoms. The van der Waals surface area contributed by atoms with Crippen LogP contribution < -0.4 is 4.74 Å². The molecule has 0 bridgehead atoms. The van der Waals surface area contributed by atoms with Gasteiger partial charge in [0.15, 0.2) is 11.4 Å². The van der Waals surface area contributed by atoms with Crippen LogP contribution >= 0.6 is 0 Å². The fourth-order valence-electron chi connectivity index (χ4n) is 1.60. The second-order valence-electron chi connectivity index (χ2n) is 3.90. The van der Waals surface area contributed by atoms with Gasteiger partial charge >= 0.3 is 0 Å². The number of phenols is 1. The van der Waals surface area contributed by atoms with Gasteiger partial charge in [0.1, 0.15) is 11.5 Å². The normalized spacial score (nSPS) is 9.90. The summed E-state index contributed by atoms with van der Waals surface area (Å²) in [6, 6.07) is 13.5. The summed E-state index contributed by atoms with van der Waals surface area (Å²) in [6.07, 6.45) is 3.04. The van der Waals surface area contributed by atoms with Crippen LogP contribution in [0.5, 0.6) is 17.2 Å². The first-order chi connectivity index (χ1) is 9.72. The Balaban J connectivity index is 2.25. The van der Waals surface area contributed by atoms with E-state index in [9.17, 15) is 5.11 Å². The molecular formula is C16H10N2O2. The van der Waals surface area contributed by atoms with Crippen molar-refractivity contribution in [3.8, 4) is 23.3 Å². The molecule has 0 aliphatic rings. The number of ether oxygens (including phenoxy) is 1. The smallest absolute Gasteiger partial charge is 0.191 e. The molecule has 20 heavy (non-hydrogen) atoms. The lowest BCUT2D eigenvalue weighted by molar-refractivity contribution is 0.411. The van der Waals surface area contributed by atoms with Crippen molar-refractivity contribution in [2.45, 2.75) is 0 Å². The number of rotatable bonds is 3. The molecular weight excluding hydrogens is 252 g/mol. The predicted octanol–water partition coefficient (Wildman–Crippen LogP) is 4.27. The van der Waals surface area contributed by atoms with E-state index in [1.807, 2.05) is 12.1 Å². The first kappa shape index (κ1) is 13.2. The molecule has 0 aliphatic carbocycles. The average Bonchev–Trinajstić information content (AvgIpc) is 2.47. The molecule has 96 valence electrons. The van der Waals surface area contributed by atoms with E-state index in [-0.39, 0.29) is 11.5 Å². The van der Waals surface area contributed by atoms with Crippen molar-refractivity contribution in [1.82, 2.24) is 0 Å². The van der Waals surface area contributed by atoms with E-state index in [0.29, 0.717) is 11.4 Å². The van der Waals surface area contributed by atoms with Gasteiger partial charge in [-0.15, -0.1) is 0 Å². The van der Waals surface area contributed by atoms with Crippen molar-refractivity contribution in [3.63, 3.8) is 0 Å². The summed E-state index contributed by atoms with van der Waals surface area (Å²) in [4.78, 5) is 3.22. The van der Waals surface area contributed by atoms with Crippen LogP contribution in [0.15, 0.2) is 48.5 Å². The molecule has 0 fully saturated rings. The third-order valence-electron chi connectivity index (χ3n) is 2.51. The number of nitriles is 1. The highest BCUT2D eigenvalue weighted by atomic mass is 16.5. The molecule has 0 saturated heterocycles. The lowest BCUT2D eigenvalue weighted by atomic mass is 10.2. The molecule has 2 aromatic rings. The van der Waals surface area contributed by atoms with E-state index in [2.05, 4.69) is 4.85 Å². The summed E-state index contributed by atoms with van der Waals surface area (Å²) >= 11 is 0. The Morgan fingerprint density at radius 2 is 2.10 bits per heavy atom. The van der Waals surface area contributed by atoms with Gasteiger partial charge in [-0.25, -0.2) is 4.85 Å². The number of aromatic hydroxyl groups is 1. The van der Waals surface area contributed by atoms with E-state index in [4.69, 9.17) is 16.6 Å². The van der Waals surface area contributed by atoms with Crippen molar-refractivity contribution in [1.29, 1.82) is 5.26 Å². The van der Waals surface area contributed by atoms with Crippen LogP contribution in [0.3, 0.4) is 0 Å². The fourth-order valence-corrected chi connectivity index (χ4v) is 1.60. The lowest BCUT2D eigenvalue weighted by Gasteiger charge is -2.08. The highest BCUT2D eigenvalue weighted by Gasteiger charge is 2.05. The third kappa shape index (κ3) is 3.16. The summed E-state index contributed by atoms with van der Waals surface area (Å²) in [7, 11) is 0. The molecule has 0 unspecified atom stereocenters. The zero-order valence-corrected chi connectivity index (χ0v) is 10.4. The number of benzene rings is 2. The van der Waals surface area contributed by atoms with Gasteiger partial charge in [-0.05, 0) is 35.9 Å². The summed E-state index contributed by atoms with van der Waals surface area (Å²) < 4.78 is 5.56. The SMILES string of the molecule is [C-]#[N+]c1ccc(Oc2cccc(/C=C/C#N)c2)c(O)c1. The van der Waals surface area contributed by atoms with Gasteiger partial charge in [0.2, 0.25) is 0 Å². The zero-order valence-electron chi connectivity index (χ0n) is 10.4. The van der Waals surface area contributed by atoms with Gasteiger partial charge in [-0.2, -0.15) is 5.26 Å². The van der Waals surface area contributed by atoms with Crippen LogP contribution in [0.4, 0.5) is 5.69 Å². The van der Waals surface area contributed by atoms with Crippen LogP contribution in [-0.2, 0) is 0 Å². The maximum atomic E-state index is 9.77. The van der Waals surface area contributed by atoms with E-state index < -0.39 is 0 Å². The average molecular weight is 262 g/mol. The van der Waals surface area contributed by atoms with E-state index in [0.717, 1.165) is 5.56 Å². The van der Waals surface area contributed by atoms with Crippen molar-refractivity contribution in [2.75, 3.05) is 0 Å². The molecule has 0 aromatic heterocycles. The Kier molecular flexibility index (Phi) is 4.01. The van der Waals surface area contributed by atoms with Gasteiger partial charge < -0.3 is 9.84 Å². The van der Waals surface area contributed by atoms with Crippen LogP contribution in [0.1, 0.15) is 5.56 Å². The first-order valence-electron chi connectivity index (χ1n) is 5.77. The molecule has 0 amide bonds. The van der Waals surface area contributed by atoms with Gasteiger partial charge in [-0.3, -0.25) is 0 Å². The van der Waals surface area contributed by atoms with Crippen LogP contribution in [0.25, 0.3) is 10.9 Å². The summed E-state index contributed by atoms with van der Waals surface area (Å²) in [6.45, 7) is 6.86. The van der Waals surface area contributed by atoms with Gasteiger partial charge in [0, 0.05) is 6.08 Å². The number of phenolic OH excluding ortho intramolecular Hbond substituents is 1. The van der Waals surface area contributed by atoms with Gasteiger partial charge in [-0.1, -0.05) is 18.2 Å². The summed E-state index contributed by atoms with van der Waals surface area (Å²) in [5, 5.41) is 18.3. The maximum Gasteiger partial charge on any atom is 0.191 e. The van der Waals surface area contributed by atoms with Crippen LogP contribution in [0.2, 0.25) is 0 Å². The molecule has 4 nitrogen and oxygen atoms in total. The largest absolute Gasteiger partial charge is 0.505 e. The minimum Gasteiger partial charge on any atom is -0.505 e. The molecule has 0 atom stereocenters. The molecule has 0 aliphatic heterocycles. The second-order valence-corrected chi connectivity index (χ2v) is 3.90. The summed E-state index contributed by atoms with van der Waals surface area (Å²) in [5.41, 5.74) is 1.17. The Morgan fingerprint density at radius 1 is 1.25 bits per heavy atom. The van der Waals surface area contributed by atoms with Crippen LogP contribution in [-0.4, -0.2) is 5.11 Å². The zero-order chi connectivity index (χ0) is 14.4. The standard InChI is InChI=1S/C16H10N2O2/c1-18-13-7-8-16(15(19)11-13)20-14-6-2-4-12(10-14)5-3-9-17/h2-8,10-11,19H/b5-3+.